The number of rotatable bonds is 0. The molecule has 1 saturated heterocycles. The summed E-state index contributed by atoms with van der Waals surface area (Å²) in [6.45, 7) is 0. The van der Waals surface area contributed by atoms with Gasteiger partial charge >= 0.3 is 58.1 Å². The van der Waals surface area contributed by atoms with Gasteiger partial charge in [-0.25, -0.2) is 0 Å². The van der Waals surface area contributed by atoms with Crippen LogP contribution in [0.4, 0.5) is 0 Å². The predicted octanol–water partition coefficient (Wildman–Crippen LogP) is -3.24. The Morgan fingerprint density at radius 1 is 0.400 bits per heavy atom. The van der Waals surface area contributed by atoms with Gasteiger partial charge in [0.25, 0.3) is 0 Å². The second kappa shape index (κ2) is 3.75. The molecule has 0 aromatic rings. The van der Waals surface area contributed by atoms with Crippen LogP contribution >= 0.6 is 0 Å². The summed E-state index contributed by atoms with van der Waals surface area (Å²) in [5.41, 5.74) is 0. The van der Waals surface area contributed by atoms with E-state index in [2.05, 4.69) is 0 Å². The van der Waals surface area contributed by atoms with Gasteiger partial charge in [0.1, 0.15) is 0 Å². The molecule has 0 aromatic heterocycles. The molecule has 0 spiro atoms. The summed E-state index contributed by atoms with van der Waals surface area (Å²) >= 11 is 5.00. The molecule has 0 unspecified atom stereocenters. The van der Waals surface area contributed by atoms with Crippen molar-refractivity contribution in [2.24, 2.45) is 0 Å². The van der Waals surface area contributed by atoms with Crippen LogP contribution in [0.1, 0.15) is 0 Å². The topological polar surface area (TPSA) is 0 Å². The van der Waals surface area contributed by atoms with Crippen LogP contribution in [0.2, 0.25) is 0 Å². The van der Waals surface area contributed by atoms with E-state index in [0.717, 1.165) is 58.1 Å². The van der Waals surface area contributed by atoms with E-state index in [1.54, 1.807) is 0 Å². The number of hydrogen-bond acceptors (Lipinski definition) is 0. The fourth-order valence-corrected chi connectivity index (χ4v) is 592. The standard InChI is InChI=1S/As5H5/c1-2-4-5-3-1/h1-5H. The molecule has 0 N–H and O–H groups in total. The maximum absolute atomic E-state index is 1.00. The Labute approximate surface area is 56.9 Å². The van der Waals surface area contributed by atoms with E-state index in [9.17, 15) is 0 Å². The molecule has 1 rings (SSSR count). The van der Waals surface area contributed by atoms with Gasteiger partial charge in [0.2, 0.25) is 0 Å². The minimum absolute atomic E-state index is 1.00. The molecule has 1 fully saturated rings. The second-order valence-corrected chi connectivity index (χ2v) is 87.7. The molecule has 1 aliphatic rings. The van der Waals surface area contributed by atoms with Crippen LogP contribution in [-0.2, 0) is 0 Å². The van der Waals surface area contributed by atoms with Crippen molar-refractivity contribution >= 4 is 58.1 Å². The average Bonchev–Trinajstić information content (AvgIpc) is 1.76. The molecule has 0 radical (unpaired) electrons. The summed E-state index contributed by atoms with van der Waals surface area (Å²) in [6, 6.07) is 0. The van der Waals surface area contributed by atoms with Gasteiger partial charge in [-0.1, -0.05) is 0 Å². The Morgan fingerprint density at radius 2 is 0.600 bits per heavy atom. The molecule has 1 heterocycles. The Bertz CT molecular complexity index is 11.6. The third kappa shape index (κ3) is 2.57. The zero-order chi connectivity index (χ0) is 3.54. The fourth-order valence-electron chi connectivity index (χ4n) is 0.156. The molecule has 30 valence electrons. The summed E-state index contributed by atoms with van der Waals surface area (Å²) in [5.74, 6) is 0. The molecule has 0 amide bonds. The Balaban J connectivity index is 2.08. The molecule has 1 aliphatic heterocycles. The molecule has 5 heavy (non-hydrogen) atoms. The minimum atomic E-state index is 1.00. The van der Waals surface area contributed by atoms with Gasteiger partial charge in [0.15, 0.2) is 0 Å². The van der Waals surface area contributed by atoms with Crippen molar-refractivity contribution in [3.63, 3.8) is 0 Å². The zero-order valence-corrected chi connectivity index (χ0v) is 13.0. The van der Waals surface area contributed by atoms with Gasteiger partial charge in [0, 0.05) is 0 Å². The van der Waals surface area contributed by atoms with Gasteiger partial charge in [-0.2, -0.15) is 0 Å². The van der Waals surface area contributed by atoms with Crippen LogP contribution < -0.4 is 0 Å². The Hall–Kier alpha value is 2.79. The van der Waals surface area contributed by atoms with Crippen LogP contribution in [0.5, 0.6) is 0 Å². The monoisotopic (exact) mass is 380 g/mol. The van der Waals surface area contributed by atoms with Crippen molar-refractivity contribution in [3.8, 4) is 0 Å². The first-order chi connectivity index (χ1) is 2.50. The van der Waals surface area contributed by atoms with Crippen LogP contribution in [0.25, 0.3) is 0 Å². The predicted molar refractivity (Wildman–Crippen MR) is 35.7 cm³/mol. The Kier molecular flexibility index (Phi) is 4.44. The van der Waals surface area contributed by atoms with Gasteiger partial charge in [-0.3, -0.25) is 0 Å². The summed E-state index contributed by atoms with van der Waals surface area (Å²) < 4.78 is 0. The van der Waals surface area contributed by atoms with E-state index in [4.69, 9.17) is 0 Å². The van der Waals surface area contributed by atoms with E-state index in [-0.39, 0.29) is 0 Å². The first kappa shape index (κ1) is 5.92. The van der Waals surface area contributed by atoms with Crippen LogP contribution in [0.15, 0.2) is 0 Å². The van der Waals surface area contributed by atoms with E-state index < -0.39 is 0 Å². The van der Waals surface area contributed by atoms with E-state index in [1.165, 1.54) is 0 Å². The van der Waals surface area contributed by atoms with Crippen molar-refractivity contribution in [1.82, 2.24) is 0 Å². The first-order valence-electron chi connectivity index (χ1n) is 1.25. The van der Waals surface area contributed by atoms with Gasteiger partial charge < -0.3 is 0 Å². The molecule has 5 heteroatoms. The average molecular weight is 380 g/mol. The third-order valence-electron chi connectivity index (χ3n) is 0.312. The van der Waals surface area contributed by atoms with Crippen molar-refractivity contribution in [2.45, 2.75) is 0 Å². The molecule has 0 aromatic carbocycles. The quantitative estimate of drug-likeness (QED) is 0.388. The van der Waals surface area contributed by atoms with Crippen molar-refractivity contribution in [3.05, 3.63) is 0 Å². The van der Waals surface area contributed by atoms with Crippen molar-refractivity contribution in [1.29, 1.82) is 0 Å². The van der Waals surface area contributed by atoms with Crippen LogP contribution in [0.3, 0.4) is 0 Å². The van der Waals surface area contributed by atoms with Crippen molar-refractivity contribution in [2.75, 3.05) is 0 Å². The molecule has 0 saturated carbocycles. The molecular formula is H5As5. The second-order valence-electron chi connectivity index (χ2n) is 0.625. The van der Waals surface area contributed by atoms with E-state index in [0.29, 0.717) is 0 Å². The zero-order valence-electron chi connectivity index (χ0n) is 2.50. The third-order valence-corrected chi connectivity index (χ3v) is 228. The first-order valence-corrected chi connectivity index (χ1v) is 33.8. The molecule has 0 aliphatic carbocycles. The molecule has 0 bridgehead atoms. The summed E-state index contributed by atoms with van der Waals surface area (Å²) in [6.07, 6.45) is 0. The van der Waals surface area contributed by atoms with Crippen LogP contribution in [0, 0.1) is 0 Å². The Morgan fingerprint density at radius 3 is 0.800 bits per heavy atom. The van der Waals surface area contributed by atoms with Gasteiger partial charge in [0.05, 0.1) is 0 Å². The molecular weight excluding hydrogens is 375 g/mol. The van der Waals surface area contributed by atoms with Crippen LogP contribution in [-0.4, -0.2) is 58.1 Å². The maximum atomic E-state index is 1.00. The summed E-state index contributed by atoms with van der Waals surface area (Å²) in [7, 11) is 0. The normalized spacial score (nSPS) is 48.0. The summed E-state index contributed by atoms with van der Waals surface area (Å²) in [4.78, 5) is 0. The molecule has 0 atom stereocenters. The number of hydrogen-bond donors (Lipinski definition) is 0. The van der Waals surface area contributed by atoms with Crippen molar-refractivity contribution < 1.29 is 0 Å². The SMILES string of the molecule is [AsH]1[AsH][AsH][AsH][AsH]1. The van der Waals surface area contributed by atoms with Gasteiger partial charge in [-0.15, -0.1) is 0 Å². The fraction of sp³-hybridized carbons (Fsp3) is 0. The summed E-state index contributed by atoms with van der Waals surface area (Å²) in [5, 5.41) is 0. The van der Waals surface area contributed by atoms with Gasteiger partial charge in [-0.05, 0) is 0 Å². The van der Waals surface area contributed by atoms with E-state index in [1.807, 2.05) is 0 Å². The van der Waals surface area contributed by atoms with E-state index >= 15 is 0 Å². The molecule has 0 nitrogen and oxygen atoms in total.